The highest BCUT2D eigenvalue weighted by Crippen LogP contribution is 2.30. The minimum Gasteiger partial charge on any atom is -0.744 e. The monoisotopic (exact) mass is 514 g/mol. The van der Waals surface area contributed by atoms with Crippen molar-refractivity contribution in [2.75, 3.05) is 52.4 Å². The number of rotatable bonds is 2. The predicted octanol–water partition coefficient (Wildman–Crippen LogP) is -0.436. The molecule has 12 heteroatoms. The molecule has 0 saturated carbocycles. The number of aliphatic hydroxyl groups excluding tert-OH is 2. The molecule has 3 saturated heterocycles. The zero-order valence-electron chi connectivity index (χ0n) is 18.6. The summed E-state index contributed by atoms with van der Waals surface area (Å²) < 4.78 is 64.0. The van der Waals surface area contributed by atoms with Gasteiger partial charge in [0.15, 0.2) is 12.2 Å². The maximum atomic E-state index is 10.3. The van der Waals surface area contributed by atoms with E-state index in [2.05, 4.69) is 0 Å². The second-order valence-corrected chi connectivity index (χ2v) is 11.9. The van der Waals surface area contributed by atoms with E-state index in [0.29, 0.717) is 0 Å². The maximum Gasteiger partial charge on any atom is 0.152 e. The van der Waals surface area contributed by atoms with Crippen LogP contribution in [0.25, 0.3) is 0 Å². The Morgan fingerprint density at radius 2 is 0.853 bits per heavy atom. The fraction of sp³-hybridized carbons (Fsp3) is 0.455. The van der Waals surface area contributed by atoms with Gasteiger partial charge in [-0.2, -0.15) is 0 Å². The molecule has 0 atom stereocenters. The van der Waals surface area contributed by atoms with Crippen LogP contribution >= 0.6 is 0 Å². The molecular formula is C22H30N2O8S2. The van der Waals surface area contributed by atoms with E-state index in [1.54, 1.807) is 12.1 Å². The molecule has 0 amide bonds. The van der Waals surface area contributed by atoms with Crippen LogP contribution in [0.4, 0.5) is 0 Å². The summed E-state index contributed by atoms with van der Waals surface area (Å²) in [5.74, 6) is 0. The third-order valence-corrected chi connectivity index (χ3v) is 8.25. The van der Waals surface area contributed by atoms with Gasteiger partial charge in [0.1, 0.15) is 72.6 Å². The molecule has 3 aliphatic rings. The summed E-state index contributed by atoms with van der Waals surface area (Å²) in [7, 11) is -8.51. The van der Waals surface area contributed by atoms with Crippen LogP contribution < -0.4 is 0 Å². The van der Waals surface area contributed by atoms with Crippen LogP contribution in [0, 0.1) is 0 Å². The summed E-state index contributed by atoms with van der Waals surface area (Å²) >= 11 is 0. The molecule has 188 valence electrons. The first-order valence-corrected chi connectivity index (χ1v) is 13.7. The van der Waals surface area contributed by atoms with Crippen molar-refractivity contribution in [2.45, 2.75) is 22.0 Å². The molecule has 2 aromatic carbocycles. The third kappa shape index (κ3) is 7.06. The second-order valence-electron chi connectivity index (χ2n) is 9.15. The Labute approximate surface area is 200 Å². The number of nitrogens with zero attached hydrogens (tertiary/aromatic N) is 2. The summed E-state index contributed by atoms with van der Waals surface area (Å²) in [4.78, 5) is -0.370. The van der Waals surface area contributed by atoms with Crippen LogP contribution in [0.3, 0.4) is 0 Å². The summed E-state index contributed by atoms with van der Waals surface area (Å²) in [5, 5.41) is 18.7. The van der Waals surface area contributed by atoms with Crippen molar-refractivity contribution in [1.82, 2.24) is 0 Å². The van der Waals surface area contributed by atoms with Gasteiger partial charge >= 0.3 is 0 Å². The molecule has 2 N–H and O–H groups in total. The lowest BCUT2D eigenvalue weighted by Crippen LogP contribution is -2.79. The molecule has 0 aliphatic carbocycles. The van der Waals surface area contributed by atoms with Crippen LogP contribution in [0.1, 0.15) is 0 Å². The van der Waals surface area contributed by atoms with Gasteiger partial charge < -0.3 is 28.3 Å². The van der Waals surface area contributed by atoms with Crippen LogP contribution in [0.15, 0.2) is 70.5 Å². The van der Waals surface area contributed by atoms with Gasteiger partial charge in [0.2, 0.25) is 0 Å². The Bertz CT molecular complexity index is 1040. The van der Waals surface area contributed by atoms with Crippen molar-refractivity contribution in [2.24, 2.45) is 0 Å². The largest absolute Gasteiger partial charge is 0.744 e. The van der Waals surface area contributed by atoms with Crippen molar-refractivity contribution in [3.63, 3.8) is 0 Å². The predicted molar refractivity (Wildman–Crippen MR) is 120 cm³/mol. The SMILES string of the molecule is O=S(=O)([O-])c1ccccc1.O=S(=O)([O-])c1ccccc1.OC1C[N+]2(CC[N+]3(CC2)CC(O)C3)C1. The first kappa shape index (κ1) is 26.7. The molecule has 10 nitrogen and oxygen atoms in total. The van der Waals surface area contributed by atoms with Gasteiger partial charge in [-0.3, -0.25) is 0 Å². The molecule has 3 aliphatic heterocycles. The fourth-order valence-electron chi connectivity index (χ4n) is 4.66. The van der Waals surface area contributed by atoms with Gasteiger partial charge in [-0.1, -0.05) is 36.4 Å². The summed E-state index contributed by atoms with van der Waals surface area (Å²) in [6.45, 7) is 8.75. The molecule has 0 radical (unpaired) electrons. The minimum atomic E-state index is -4.25. The molecule has 0 bridgehead atoms. The van der Waals surface area contributed by atoms with E-state index >= 15 is 0 Å². The van der Waals surface area contributed by atoms with E-state index in [0.717, 1.165) is 35.1 Å². The summed E-state index contributed by atoms with van der Waals surface area (Å²) in [6.07, 6.45) is -0.0768. The van der Waals surface area contributed by atoms with Crippen molar-refractivity contribution in [3.05, 3.63) is 60.7 Å². The van der Waals surface area contributed by atoms with Gasteiger partial charge in [-0.15, -0.1) is 0 Å². The Morgan fingerprint density at radius 3 is 1.03 bits per heavy atom. The minimum absolute atomic E-state index is 0.0384. The Hall–Kier alpha value is -1.90. The molecule has 2 aromatic rings. The van der Waals surface area contributed by atoms with E-state index in [-0.39, 0.29) is 22.0 Å². The quantitative estimate of drug-likeness (QED) is 0.404. The summed E-state index contributed by atoms with van der Waals surface area (Å²) in [6, 6.07) is 14.4. The fourth-order valence-corrected chi connectivity index (χ4v) is 5.64. The molecule has 2 spiro atoms. The van der Waals surface area contributed by atoms with E-state index in [1.807, 2.05) is 0 Å². The Morgan fingerprint density at radius 1 is 0.588 bits per heavy atom. The molecule has 3 heterocycles. The number of hydrogen-bond acceptors (Lipinski definition) is 8. The van der Waals surface area contributed by atoms with Gasteiger partial charge in [-0.25, -0.2) is 16.8 Å². The first-order chi connectivity index (χ1) is 15.8. The van der Waals surface area contributed by atoms with E-state index < -0.39 is 20.2 Å². The second kappa shape index (κ2) is 10.4. The number of benzene rings is 2. The van der Waals surface area contributed by atoms with Gasteiger partial charge in [0, 0.05) is 0 Å². The van der Waals surface area contributed by atoms with Crippen LogP contribution in [-0.2, 0) is 20.2 Å². The standard InChI is InChI=1S/C10H20N2O2.2C6H6O3S/c13-9-5-11(6-9)1-2-12(4-3-11)7-10(14)8-12;2*7-10(8,9)6-4-2-1-3-5-6/h9-10,13-14H,1-8H2;2*1-5H,(H,7,8,9)/q+2;;/p-2. The molecule has 3 fully saturated rings. The normalized spacial score (nSPS) is 30.1. The third-order valence-electron chi connectivity index (χ3n) is 6.55. The molecule has 5 rings (SSSR count). The van der Waals surface area contributed by atoms with Crippen LogP contribution in [-0.4, -0.2) is 110 Å². The Kier molecular flexibility index (Phi) is 8.15. The van der Waals surface area contributed by atoms with E-state index in [1.165, 1.54) is 74.7 Å². The number of aliphatic hydroxyl groups is 2. The maximum absolute atomic E-state index is 10.3. The summed E-state index contributed by atoms with van der Waals surface area (Å²) in [5.41, 5.74) is 0. The van der Waals surface area contributed by atoms with Crippen molar-refractivity contribution in [3.8, 4) is 0 Å². The van der Waals surface area contributed by atoms with Crippen LogP contribution in [0.5, 0.6) is 0 Å². The van der Waals surface area contributed by atoms with Crippen molar-refractivity contribution >= 4 is 20.2 Å². The highest BCUT2D eigenvalue weighted by atomic mass is 32.2. The molecular weight excluding hydrogens is 484 g/mol. The lowest BCUT2D eigenvalue weighted by atomic mass is 9.98. The van der Waals surface area contributed by atoms with E-state index in [4.69, 9.17) is 0 Å². The van der Waals surface area contributed by atoms with Crippen LogP contribution in [0.2, 0.25) is 0 Å². The van der Waals surface area contributed by atoms with Gasteiger partial charge in [0.05, 0.1) is 9.79 Å². The zero-order valence-corrected chi connectivity index (χ0v) is 20.3. The zero-order chi connectivity index (χ0) is 25.0. The van der Waals surface area contributed by atoms with Gasteiger partial charge in [0.25, 0.3) is 0 Å². The van der Waals surface area contributed by atoms with Gasteiger partial charge in [-0.05, 0) is 24.3 Å². The smallest absolute Gasteiger partial charge is 0.152 e. The highest BCUT2D eigenvalue weighted by molar-refractivity contribution is 7.86. The number of hydrogen-bond donors (Lipinski definition) is 2. The van der Waals surface area contributed by atoms with E-state index in [9.17, 15) is 36.2 Å². The van der Waals surface area contributed by atoms with Crippen molar-refractivity contribution < 1.29 is 45.1 Å². The molecule has 0 unspecified atom stereocenters. The Balaban J connectivity index is 0.000000147. The highest BCUT2D eigenvalue weighted by Gasteiger charge is 2.53. The lowest BCUT2D eigenvalue weighted by Gasteiger charge is -2.58. The number of quaternary nitrogens is 2. The number of piperazine rings is 1. The molecule has 0 aromatic heterocycles. The first-order valence-electron chi connectivity index (χ1n) is 10.9. The lowest BCUT2D eigenvalue weighted by molar-refractivity contribution is -1.07. The topological polar surface area (TPSA) is 155 Å². The average molecular weight is 515 g/mol. The average Bonchev–Trinajstić information content (AvgIpc) is 2.75. The van der Waals surface area contributed by atoms with Crippen molar-refractivity contribution in [1.29, 1.82) is 0 Å². The molecule has 34 heavy (non-hydrogen) atoms.